The SMILES string of the molecule is Cc1cc(F)ccc1NC(=O)CCCC[C@@H]1SC[C@H]2NC(=O)N[C@@H]12. The van der Waals surface area contributed by atoms with Gasteiger partial charge in [-0.15, -0.1) is 0 Å². The van der Waals surface area contributed by atoms with Crippen LogP contribution in [0.2, 0.25) is 0 Å². The normalized spacial score (nSPS) is 25.1. The minimum absolute atomic E-state index is 0.0440. The molecule has 3 rings (SSSR count). The van der Waals surface area contributed by atoms with Crippen LogP contribution in [-0.4, -0.2) is 35.0 Å². The van der Waals surface area contributed by atoms with E-state index in [-0.39, 0.29) is 29.8 Å². The zero-order valence-corrected chi connectivity index (χ0v) is 14.4. The monoisotopic (exact) mass is 351 g/mol. The van der Waals surface area contributed by atoms with Crippen LogP contribution in [0.5, 0.6) is 0 Å². The highest BCUT2D eigenvalue weighted by atomic mass is 32.2. The molecule has 3 N–H and O–H groups in total. The minimum Gasteiger partial charge on any atom is -0.332 e. The Kier molecular flexibility index (Phi) is 5.28. The summed E-state index contributed by atoms with van der Waals surface area (Å²) in [5, 5.41) is 9.17. The molecular formula is C17H22FN3O2S. The molecule has 2 aliphatic rings. The summed E-state index contributed by atoms with van der Waals surface area (Å²) in [5.41, 5.74) is 1.39. The van der Waals surface area contributed by atoms with Gasteiger partial charge in [0.05, 0.1) is 12.1 Å². The first-order valence-corrected chi connectivity index (χ1v) is 9.32. The number of unbranched alkanes of at least 4 members (excludes halogenated alkanes) is 1. The van der Waals surface area contributed by atoms with Crippen molar-refractivity contribution in [3.8, 4) is 0 Å². The minimum atomic E-state index is -0.300. The lowest BCUT2D eigenvalue weighted by molar-refractivity contribution is -0.116. The van der Waals surface area contributed by atoms with Gasteiger partial charge < -0.3 is 16.0 Å². The van der Waals surface area contributed by atoms with Crippen LogP contribution in [-0.2, 0) is 4.79 Å². The van der Waals surface area contributed by atoms with Crippen LogP contribution in [0.3, 0.4) is 0 Å². The molecule has 0 bridgehead atoms. The number of carbonyl (C=O) groups is 2. The molecule has 2 aliphatic heterocycles. The van der Waals surface area contributed by atoms with Crippen LogP contribution >= 0.6 is 11.8 Å². The second-order valence-electron chi connectivity index (χ2n) is 6.38. The smallest absolute Gasteiger partial charge is 0.315 e. The number of hydrogen-bond acceptors (Lipinski definition) is 3. The molecular weight excluding hydrogens is 329 g/mol. The summed E-state index contributed by atoms with van der Waals surface area (Å²) in [6.07, 6.45) is 3.21. The predicted octanol–water partition coefficient (Wildman–Crippen LogP) is 2.80. The van der Waals surface area contributed by atoms with Crippen molar-refractivity contribution in [2.45, 2.75) is 49.9 Å². The highest BCUT2D eigenvalue weighted by Gasteiger charge is 2.42. The van der Waals surface area contributed by atoms with Gasteiger partial charge in [-0.25, -0.2) is 9.18 Å². The quantitative estimate of drug-likeness (QED) is 0.545. The van der Waals surface area contributed by atoms with E-state index < -0.39 is 0 Å². The van der Waals surface area contributed by atoms with Gasteiger partial charge in [0.2, 0.25) is 5.91 Å². The zero-order valence-electron chi connectivity index (χ0n) is 13.6. The molecule has 0 radical (unpaired) electrons. The first kappa shape index (κ1) is 17.1. The second-order valence-corrected chi connectivity index (χ2v) is 7.65. The number of fused-ring (bicyclic) bond motifs is 1. The number of thioether (sulfide) groups is 1. The predicted molar refractivity (Wildman–Crippen MR) is 93.7 cm³/mol. The number of aryl methyl sites for hydroxylation is 1. The number of benzene rings is 1. The molecule has 0 unspecified atom stereocenters. The number of rotatable bonds is 6. The lowest BCUT2D eigenvalue weighted by Crippen LogP contribution is -2.36. The maximum atomic E-state index is 13.1. The van der Waals surface area contributed by atoms with Gasteiger partial charge in [-0.2, -0.15) is 11.8 Å². The van der Waals surface area contributed by atoms with Crippen molar-refractivity contribution in [2.24, 2.45) is 0 Å². The summed E-state index contributed by atoms with van der Waals surface area (Å²) in [4.78, 5) is 23.3. The average molecular weight is 351 g/mol. The number of urea groups is 1. The highest BCUT2D eigenvalue weighted by Crippen LogP contribution is 2.33. The van der Waals surface area contributed by atoms with E-state index in [0.29, 0.717) is 17.4 Å². The topological polar surface area (TPSA) is 70.2 Å². The van der Waals surface area contributed by atoms with E-state index in [2.05, 4.69) is 16.0 Å². The van der Waals surface area contributed by atoms with Gasteiger partial charge >= 0.3 is 6.03 Å². The molecule has 2 saturated heterocycles. The summed E-state index contributed by atoms with van der Waals surface area (Å²) >= 11 is 1.89. The van der Waals surface area contributed by atoms with Gasteiger partial charge in [0.25, 0.3) is 0 Å². The van der Waals surface area contributed by atoms with E-state index in [1.54, 1.807) is 13.0 Å². The van der Waals surface area contributed by atoms with Crippen molar-refractivity contribution in [2.75, 3.05) is 11.1 Å². The molecule has 0 saturated carbocycles. The molecule has 3 amide bonds. The largest absolute Gasteiger partial charge is 0.332 e. The summed E-state index contributed by atoms with van der Waals surface area (Å²) in [6, 6.07) is 4.75. The third-order valence-corrected chi connectivity index (χ3v) is 6.05. The Morgan fingerprint density at radius 3 is 3.00 bits per heavy atom. The Bertz CT molecular complexity index is 640. The number of halogens is 1. The number of hydrogen-bond donors (Lipinski definition) is 3. The molecule has 24 heavy (non-hydrogen) atoms. The number of nitrogens with one attached hydrogen (secondary N) is 3. The number of anilines is 1. The summed E-state index contributed by atoms with van der Waals surface area (Å²) in [6.45, 7) is 1.77. The molecule has 130 valence electrons. The molecule has 1 aromatic rings. The fourth-order valence-corrected chi connectivity index (χ4v) is 4.80. The second kappa shape index (κ2) is 7.42. The standard InChI is InChI=1S/C17H22FN3O2S/c1-10-8-11(18)6-7-12(10)19-15(22)5-3-2-4-14-16-13(9-24-14)20-17(23)21-16/h6-8,13-14,16H,2-5,9H2,1H3,(H,19,22)(H2,20,21,23)/t13-,14+,16-/m1/s1. The van der Waals surface area contributed by atoms with Gasteiger partial charge in [-0.3, -0.25) is 4.79 Å². The van der Waals surface area contributed by atoms with Crippen molar-refractivity contribution < 1.29 is 14.0 Å². The van der Waals surface area contributed by atoms with Gasteiger partial charge in [0.1, 0.15) is 5.82 Å². The van der Waals surface area contributed by atoms with E-state index in [1.165, 1.54) is 12.1 Å². The molecule has 0 aliphatic carbocycles. The molecule has 0 aromatic heterocycles. The molecule has 3 atom stereocenters. The van der Waals surface area contributed by atoms with Crippen LogP contribution in [0.1, 0.15) is 31.2 Å². The van der Waals surface area contributed by atoms with Crippen molar-refractivity contribution >= 4 is 29.4 Å². The van der Waals surface area contributed by atoms with Gasteiger partial charge in [0, 0.05) is 23.1 Å². The van der Waals surface area contributed by atoms with Crippen molar-refractivity contribution in [1.82, 2.24) is 10.6 Å². The van der Waals surface area contributed by atoms with Crippen molar-refractivity contribution in [1.29, 1.82) is 0 Å². The van der Waals surface area contributed by atoms with Gasteiger partial charge in [0.15, 0.2) is 0 Å². The van der Waals surface area contributed by atoms with Crippen LogP contribution in [0.15, 0.2) is 18.2 Å². The third-order valence-electron chi connectivity index (χ3n) is 4.54. The maximum Gasteiger partial charge on any atom is 0.315 e. The first-order chi connectivity index (χ1) is 11.5. The fraction of sp³-hybridized carbons (Fsp3) is 0.529. The van der Waals surface area contributed by atoms with Crippen LogP contribution < -0.4 is 16.0 Å². The molecule has 1 aromatic carbocycles. The summed E-state index contributed by atoms with van der Waals surface area (Å²) < 4.78 is 13.1. The van der Waals surface area contributed by atoms with E-state index >= 15 is 0 Å². The van der Waals surface area contributed by atoms with Gasteiger partial charge in [-0.1, -0.05) is 6.42 Å². The van der Waals surface area contributed by atoms with Crippen LogP contribution in [0.4, 0.5) is 14.9 Å². The maximum absolute atomic E-state index is 13.1. The van der Waals surface area contributed by atoms with Gasteiger partial charge in [-0.05, 0) is 43.5 Å². The van der Waals surface area contributed by atoms with Crippen molar-refractivity contribution in [3.63, 3.8) is 0 Å². The Balaban J connectivity index is 1.37. The Hall–Kier alpha value is -1.76. The molecule has 2 fully saturated rings. The van der Waals surface area contributed by atoms with E-state index in [0.717, 1.165) is 30.6 Å². The van der Waals surface area contributed by atoms with E-state index in [4.69, 9.17) is 0 Å². The van der Waals surface area contributed by atoms with Crippen molar-refractivity contribution in [3.05, 3.63) is 29.6 Å². The number of amides is 3. The zero-order chi connectivity index (χ0) is 17.1. The average Bonchev–Trinajstić information content (AvgIpc) is 3.06. The molecule has 5 nitrogen and oxygen atoms in total. The lowest BCUT2D eigenvalue weighted by atomic mass is 10.0. The highest BCUT2D eigenvalue weighted by molar-refractivity contribution is 8.00. The first-order valence-electron chi connectivity index (χ1n) is 8.27. The lowest BCUT2D eigenvalue weighted by Gasteiger charge is -2.16. The fourth-order valence-electron chi connectivity index (χ4n) is 3.25. The molecule has 2 heterocycles. The van der Waals surface area contributed by atoms with E-state index in [9.17, 15) is 14.0 Å². The summed E-state index contributed by atoms with van der Waals surface area (Å²) in [5.74, 6) is 0.613. The summed E-state index contributed by atoms with van der Waals surface area (Å²) in [7, 11) is 0. The Labute approximate surface area is 145 Å². The Morgan fingerprint density at radius 2 is 2.21 bits per heavy atom. The number of carbonyl (C=O) groups excluding carboxylic acids is 2. The van der Waals surface area contributed by atoms with E-state index in [1.807, 2.05) is 11.8 Å². The molecule has 0 spiro atoms. The van der Waals surface area contributed by atoms with Crippen LogP contribution in [0, 0.1) is 12.7 Å². The van der Waals surface area contributed by atoms with Crippen LogP contribution in [0.25, 0.3) is 0 Å². The Morgan fingerprint density at radius 1 is 1.38 bits per heavy atom. The third kappa shape index (κ3) is 4.01. The molecule has 7 heteroatoms.